The van der Waals surface area contributed by atoms with Crippen LogP contribution in [0, 0.1) is 6.26 Å². The number of aromatic amines is 1. The molecule has 3 nitrogen and oxygen atoms in total. The van der Waals surface area contributed by atoms with Crippen molar-refractivity contribution in [3.05, 3.63) is 12.5 Å². The molecule has 3 radical (unpaired) electrons. The first-order chi connectivity index (χ1) is 3.43. The molecule has 1 aromatic rings. The summed E-state index contributed by atoms with van der Waals surface area (Å²) >= 11 is 0.821. The summed E-state index contributed by atoms with van der Waals surface area (Å²) in [5.74, 6) is 0. The van der Waals surface area contributed by atoms with E-state index in [4.69, 9.17) is 6.26 Å². The van der Waals surface area contributed by atoms with Gasteiger partial charge in [-0.15, -0.1) is 5.10 Å². The summed E-state index contributed by atoms with van der Waals surface area (Å²) in [7, 11) is 0. The summed E-state index contributed by atoms with van der Waals surface area (Å²) in [5, 5.41) is 9.96. The van der Waals surface area contributed by atoms with Crippen molar-refractivity contribution >= 4 is 11.8 Å². The molecule has 0 atom stereocenters. The normalized spacial score (nSPS) is 9.29. The van der Waals surface area contributed by atoms with Crippen LogP contribution < -0.4 is 0 Å². The van der Waals surface area contributed by atoms with Gasteiger partial charge in [0.15, 0.2) is 0 Å². The van der Waals surface area contributed by atoms with Gasteiger partial charge in [0.25, 0.3) is 0 Å². The third-order valence-corrected chi connectivity index (χ3v) is 0.908. The summed E-state index contributed by atoms with van der Waals surface area (Å²) in [6.45, 7) is 0. The monoisotopic (exact) mass is 112 g/mol. The van der Waals surface area contributed by atoms with Gasteiger partial charge in [0.1, 0.15) is 5.03 Å². The molecular weight excluding hydrogens is 110 g/mol. The second-order valence-electron chi connectivity index (χ2n) is 0.914. The van der Waals surface area contributed by atoms with Gasteiger partial charge in [0, 0.05) is 0 Å². The Bertz CT molecular complexity index is 125. The van der Waals surface area contributed by atoms with E-state index in [9.17, 15) is 0 Å². The van der Waals surface area contributed by atoms with Crippen LogP contribution in [-0.4, -0.2) is 15.4 Å². The molecule has 0 aliphatic carbocycles. The van der Waals surface area contributed by atoms with Gasteiger partial charge < -0.3 is 0 Å². The highest BCUT2D eigenvalue weighted by Crippen LogP contribution is 2.07. The van der Waals surface area contributed by atoms with Gasteiger partial charge in [-0.1, -0.05) is 17.0 Å². The lowest BCUT2D eigenvalue weighted by Gasteiger charge is -1.73. The van der Waals surface area contributed by atoms with Gasteiger partial charge in [0.2, 0.25) is 0 Å². The minimum absolute atomic E-state index is 0.597. The minimum atomic E-state index is 0.597. The Morgan fingerprint density at radius 1 is 1.86 bits per heavy atom. The summed E-state index contributed by atoms with van der Waals surface area (Å²) in [4.78, 5) is 0. The van der Waals surface area contributed by atoms with Crippen molar-refractivity contribution in [3.63, 3.8) is 0 Å². The van der Waals surface area contributed by atoms with Crippen molar-refractivity contribution in [1.29, 1.82) is 0 Å². The summed E-state index contributed by atoms with van der Waals surface area (Å²) in [6.07, 6.45) is 8.22. The van der Waals surface area contributed by atoms with E-state index < -0.39 is 0 Å². The fraction of sp³-hybridized carbons (Fsp3) is 0. The highest BCUT2D eigenvalue weighted by molar-refractivity contribution is 8.00. The maximum Gasteiger partial charge on any atom is 0.139 e. The van der Waals surface area contributed by atoms with Gasteiger partial charge in [-0.2, -0.15) is 0 Å². The topological polar surface area (TPSA) is 41.6 Å². The van der Waals surface area contributed by atoms with Crippen LogP contribution in [0.25, 0.3) is 0 Å². The molecule has 0 saturated carbocycles. The van der Waals surface area contributed by atoms with E-state index in [1.165, 1.54) is 0 Å². The number of H-pyrrole nitrogens is 1. The van der Waals surface area contributed by atoms with Crippen molar-refractivity contribution in [2.24, 2.45) is 0 Å². The maximum absolute atomic E-state index is 6.65. The Morgan fingerprint density at radius 3 is 3.00 bits per heavy atom. The summed E-state index contributed by atoms with van der Waals surface area (Å²) < 4.78 is 0. The predicted molar refractivity (Wildman–Crippen MR) is 25.5 cm³/mol. The molecule has 0 fully saturated rings. The molecule has 35 valence electrons. The molecule has 0 aromatic carbocycles. The molecule has 1 aromatic heterocycles. The Kier molecular flexibility index (Phi) is 1.31. The number of nitrogens with one attached hydrogen (secondary N) is 1. The van der Waals surface area contributed by atoms with Gasteiger partial charge in [-0.05, 0) is 0 Å². The molecule has 0 aliphatic rings. The molecule has 1 rings (SSSR count). The Hall–Kier alpha value is -0.510. The first-order valence-electron chi connectivity index (χ1n) is 1.63. The van der Waals surface area contributed by atoms with Gasteiger partial charge >= 0.3 is 0 Å². The zero-order valence-corrected chi connectivity index (χ0v) is 4.20. The van der Waals surface area contributed by atoms with Crippen molar-refractivity contribution < 1.29 is 0 Å². The molecular formula is C3H2N3S. The molecule has 0 aliphatic heterocycles. The SMILES string of the molecule is [C]Sc1c[nH]nn1. The van der Waals surface area contributed by atoms with Crippen LogP contribution in [0.2, 0.25) is 0 Å². The van der Waals surface area contributed by atoms with Crippen LogP contribution in [0.3, 0.4) is 0 Å². The fourth-order valence-corrected chi connectivity index (χ4v) is 0.434. The van der Waals surface area contributed by atoms with Crippen molar-refractivity contribution in [2.75, 3.05) is 0 Å². The van der Waals surface area contributed by atoms with E-state index in [2.05, 4.69) is 15.4 Å². The maximum atomic E-state index is 6.65. The predicted octanol–water partition coefficient (Wildman–Crippen LogP) is 0.442. The van der Waals surface area contributed by atoms with Crippen LogP contribution in [0.15, 0.2) is 11.2 Å². The lowest BCUT2D eigenvalue weighted by molar-refractivity contribution is 0.912. The molecule has 0 unspecified atom stereocenters. The number of thioether (sulfide) groups is 1. The van der Waals surface area contributed by atoms with E-state index in [0.29, 0.717) is 5.03 Å². The lowest BCUT2D eigenvalue weighted by atomic mass is 11.0. The quantitative estimate of drug-likeness (QED) is 0.536. The molecule has 7 heavy (non-hydrogen) atoms. The minimum Gasteiger partial charge on any atom is -0.264 e. The number of rotatable bonds is 1. The number of aromatic nitrogens is 3. The van der Waals surface area contributed by atoms with Crippen molar-refractivity contribution in [1.82, 2.24) is 15.4 Å². The molecule has 1 heterocycles. The van der Waals surface area contributed by atoms with Crippen LogP contribution in [-0.2, 0) is 0 Å². The highest BCUT2D eigenvalue weighted by atomic mass is 32.2. The van der Waals surface area contributed by atoms with Crippen LogP contribution in [0.5, 0.6) is 0 Å². The second kappa shape index (κ2) is 1.97. The first-order valence-corrected chi connectivity index (χ1v) is 2.45. The highest BCUT2D eigenvalue weighted by Gasteiger charge is 1.86. The Morgan fingerprint density at radius 2 is 2.71 bits per heavy atom. The smallest absolute Gasteiger partial charge is 0.139 e. The van der Waals surface area contributed by atoms with E-state index in [-0.39, 0.29) is 0 Å². The van der Waals surface area contributed by atoms with Crippen molar-refractivity contribution in [2.45, 2.75) is 5.03 Å². The second-order valence-corrected chi connectivity index (χ2v) is 1.54. The fourth-order valence-electron chi connectivity index (χ4n) is 0.241. The molecule has 0 spiro atoms. The molecule has 4 heteroatoms. The molecule has 0 amide bonds. The van der Waals surface area contributed by atoms with Crippen molar-refractivity contribution in [3.8, 4) is 0 Å². The van der Waals surface area contributed by atoms with Gasteiger partial charge in [-0.3, -0.25) is 5.10 Å². The summed E-state index contributed by atoms with van der Waals surface area (Å²) in [5.41, 5.74) is 0. The molecule has 0 saturated heterocycles. The standard InChI is InChI=1S/C3H2N3S/c1-7-3-2-4-6-5-3/h2H,(H,4,5,6). The Balaban J connectivity index is 2.76. The first kappa shape index (κ1) is 4.64. The van der Waals surface area contributed by atoms with Crippen LogP contribution in [0.4, 0.5) is 0 Å². The summed E-state index contributed by atoms with van der Waals surface area (Å²) in [6, 6.07) is 0. The number of hydrogen-bond donors (Lipinski definition) is 1. The van der Waals surface area contributed by atoms with E-state index >= 15 is 0 Å². The van der Waals surface area contributed by atoms with Crippen LogP contribution >= 0.6 is 11.8 Å². The Labute approximate surface area is 45.5 Å². The molecule has 1 N–H and O–H groups in total. The number of hydrogen-bond acceptors (Lipinski definition) is 3. The third-order valence-electron chi connectivity index (χ3n) is 0.499. The zero-order chi connectivity index (χ0) is 5.11. The van der Waals surface area contributed by atoms with Gasteiger partial charge in [-0.25, -0.2) is 0 Å². The van der Waals surface area contributed by atoms with E-state index in [1.807, 2.05) is 0 Å². The van der Waals surface area contributed by atoms with Gasteiger partial charge in [0.05, 0.1) is 12.5 Å². The molecule has 0 bridgehead atoms. The lowest BCUT2D eigenvalue weighted by Crippen LogP contribution is -1.65. The third kappa shape index (κ3) is 0.928. The van der Waals surface area contributed by atoms with E-state index in [0.717, 1.165) is 11.8 Å². The largest absolute Gasteiger partial charge is 0.264 e. The number of nitrogens with zero attached hydrogens (tertiary/aromatic N) is 2. The zero-order valence-electron chi connectivity index (χ0n) is 3.38. The average molecular weight is 112 g/mol. The van der Waals surface area contributed by atoms with E-state index in [1.54, 1.807) is 6.20 Å². The average Bonchev–Trinajstić information content (AvgIpc) is 2.14. The van der Waals surface area contributed by atoms with Crippen LogP contribution in [0.1, 0.15) is 0 Å².